The molecule has 3 aromatic heterocycles. The van der Waals surface area contributed by atoms with E-state index in [0.717, 1.165) is 34.3 Å². The molecule has 7 nitrogen and oxygen atoms in total. The number of hydrogen-bond acceptors (Lipinski definition) is 4. The van der Waals surface area contributed by atoms with Crippen molar-refractivity contribution in [1.82, 2.24) is 24.6 Å². The van der Waals surface area contributed by atoms with Crippen molar-refractivity contribution in [3.63, 3.8) is 0 Å². The Morgan fingerprint density at radius 2 is 1.80 bits per heavy atom. The smallest absolute Gasteiger partial charge is 0.258 e. The maximum atomic E-state index is 13.0. The number of nitrogens with one attached hydrogen (secondary N) is 2. The minimum absolute atomic E-state index is 0.202. The maximum Gasteiger partial charge on any atom is 0.258 e. The normalized spacial score (nSPS) is 13.6. The number of carbonyl (C=O) groups is 1. The molecular weight excluding hydrogens is 436 g/mol. The molecule has 6 rings (SSSR count). The van der Waals surface area contributed by atoms with Gasteiger partial charge in [-0.25, -0.2) is 4.98 Å². The zero-order valence-corrected chi connectivity index (χ0v) is 19.3. The predicted molar refractivity (Wildman–Crippen MR) is 137 cm³/mol. The van der Waals surface area contributed by atoms with Crippen LogP contribution in [-0.2, 0) is 13.1 Å². The summed E-state index contributed by atoms with van der Waals surface area (Å²) in [6.07, 6.45) is 8.32. The first-order valence-corrected chi connectivity index (χ1v) is 11.9. The number of benzene rings is 2. The van der Waals surface area contributed by atoms with Gasteiger partial charge < -0.3 is 10.3 Å². The van der Waals surface area contributed by atoms with Crippen LogP contribution >= 0.6 is 0 Å². The Kier molecular flexibility index (Phi) is 5.60. The van der Waals surface area contributed by atoms with Crippen molar-refractivity contribution in [3.8, 4) is 11.1 Å². The molecule has 4 heterocycles. The Morgan fingerprint density at radius 1 is 0.943 bits per heavy atom. The van der Waals surface area contributed by atoms with E-state index in [9.17, 15) is 4.79 Å². The lowest BCUT2D eigenvalue weighted by atomic mass is 10.0. The molecular formula is C28H26N6O. The van der Waals surface area contributed by atoms with Gasteiger partial charge in [0.05, 0.1) is 24.0 Å². The highest BCUT2D eigenvalue weighted by molar-refractivity contribution is 6.08. The van der Waals surface area contributed by atoms with Crippen LogP contribution in [0, 0.1) is 0 Å². The number of anilines is 1. The second-order valence-corrected chi connectivity index (χ2v) is 9.02. The zero-order valence-electron chi connectivity index (χ0n) is 19.3. The highest BCUT2D eigenvalue weighted by Crippen LogP contribution is 2.28. The number of carbonyl (C=O) groups excluding carboxylic acids is 1. The van der Waals surface area contributed by atoms with E-state index in [1.807, 2.05) is 36.5 Å². The molecule has 1 amide bonds. The topological polar surface area (TPSA) is 78.8 Å². The molecule has 0 atom stereocenters. The third-order valence-electron chi connectivity index (χ3n) is 6.48. The standard InChI is InChI=1S/C28H26N6O/c35-28(24-15-31-34(19-24)18-20-6-2-1-3-7-20)32-26-16-30-27-25(26)13-23(14-29-27)22-9-4-8-21(12-22)17-33-10-5-11-33/h1-4,6-9,12-16,19H,5,10-11,17-18H2,(H,29,30)(H,32,35). The van der Waals surface area contributed by atoms with Gasteiger partial charge in [-0.05, 0) is 48.3 Å². The molecule has 0 bridgehead atoms. The van der Waals surface area contributed by atoms with E-state index in [4.69, 9.17) is 0 Å². The monoisotopic (exact) mass is 462 g/mol. The number of aromatic nitrogens is 4. The summed E-state index contributed by atoms with van der Waals surface area (Å²) in [5, 5.41) is 8.24. The first-order chi connectivity index (χ1) is 17.2. The average Bonchev–Trinajstić information content (AvgIpc) is 3.49. The molecule has 1 saturated heterocycles. The van der Waals surface area contributed by atoms with E-state index in [1.54, 1.807) is 23.3 Å². The highest BCUT2D eigenvalue weighted by atomic mass is 16.1. The fraction of sp³-hybridized carbons (Fsp3) is 0.179. The number of amides is 1. The van der Waals surface area contributed by atoms with Gasteiger partial charge in [-0.3, -0.25) is 14.4 Å². The molecule has 174 valence electrons. The average molecular weight is 463 g/mol. The number of H-pyrrole nitrogens is 1. The SMILES string of the molecule is O=C(Nc1c[nH]c2ncc(-c3cccc(CN4CCC4)c3)cc12)c1cnn(Cc2ccccc2)c1. The summed E-state index contributed by atoms with van der Waals surface area (Å²) in [6, 6.07) is 20.7. The molecule has 1 aliphatic heterocycles. The molecule has 1 aliphatic rings. The Hall–Kier alpha value is -4.23. The van der Waals surface area contributed by atoms with Crippen LogP contribution in [0.4, 0.5) is 5.69 Å². The minimum Gasteiger partial charge on any atom is -0.344 e. The lowest BCUT2D eigenvalue weighted by Crippen LogP contribution is -2.36. The molecule has 5 aromatic rings. The first kappa shape index (κ1) is 21.3. The van der Waals surface area contributed by atoms with Crippen LogP contribution in [0.2, 0.25) is 0 Å². The Balaban J connectivity index is 1.21. The first-order valence-electron chi connectivity index (χ1n) is 11.9. The van der Waals surface area contributed by atoms with Gasteiger partial charge in [0.15, 0.2) is 0 Å². The lowest BCUT2D eigenvalue weighted by Gasteiger charge is -2.30. The number of rotatable bonds is 7. The van der Waals surface area contributed by atoms with Crippen molar-refractivity contribution >= 4 is 22.6 Å². The fourth-order valence-corrected chi connectivity index (χ4v) is 4.44. The Labute approximate surface area is 203 Å². The summed E-state index contributed by atoms with van der Waals surface area (Å²) < 4.78 is 1.77. The molecule has 0 spiro atoms. The molecule has 0 saturated carbocycles. The molecule has 1 fully saturated rings. The summed E-state index contributed by atoms with van der Waals surface area (Å²) in [4.78, 5) is 23.2. The quantitative estimate of drug-likeness (QED) is 0.359. The van der Waals surface area contributed by atoms with E-state index >= 15 is 0 Å². The Morgan fingerprint density at radius 3 is 2.63 bits per heavy atom. The largest absolute Gasteiger partial charge is 0.344 e. The van der Waals surface area contributed by atoms with Crippen LogP contribution in [0.15, 0.2) is 85.5 Å². The van der Waals surface area contributed by atoms with Gasteiger partial charge in [-0.15, -0.1) is 0 Å². The number of fused-ring (bicyclic) bond motifs is 1. The van der Waals surface area contributed by atoms with Gasteiger partial charge in [-0.2, -0.15) is 5.10 Å². The summed E-state index contributed by atoms with van der Waals surface area (Å²) in [6.45, 7) is 3.95. The Bertz CT molecular complexity index is 1480. The van der Waals surface area contributed by atoms with Crippen molar-refractivity contribution in [2.24, 2.45) is 0 Å². The minimum atomic E-state index is -0.202. The summed E-state index contributed by atoms with van der Waals surface area (Å²) in [5.74, 6) is -0.202. The summed E-state index contributed by atoms with van der Waals surface area (Å²) in [7, 11) is 0. The van der Waals surface area contributed by atoms with Gasteiger partial charge in [0.1, 0.15) is 5.65 Å². The van der Waals surface area contributed by atoms with E-state index in [-0.39, 0.29) is 5.91 Å². The third kappa shape index (κ3) is 4.58. The van der Waals surface area contributed by atoms with Crippen LogP contribution < -0.4 is 5.32 Å². The number of likely N-dealkylation sites (tertiary alicyclic amines) is 1. The molecule has 35 heavy (non-hydrogen) atoms. The maximum absolute atomic E-state index is 13.0. The van der Waals surface area contributed by atoms with E-state index in [0.29, 0.717) is 17.8 Å². The second-order valence-electron chi connectivity index (χ2n) is 9.02. The summed E-state index contributed by atoms with van der Waals surface area (Å²) >= 11 is 0. The van der Waals surface area contributed by atoms with Crippen LogP contribution in [0.1, 0.15) is 27.9 Å². The molecule has 0 radical (unpaired) electrons. The van der Waals surface area contributed by atoms with Crippen LogP contribution in [-0.4, -0.2) is 43.6 Å². The summed E-state index contributed by atoms with van der Waals surface area (Å²) in [5.41, 5.74) is 6.53. The highest BCUT2D eigenvalue weighted by Gasteiger charge is 2.15. The molecule has 0 unspecified atom stereocenters. The van der Waals surface area contributed by atoms with Crippen molar-refractivity contribution in [1.29, 1.82) is 0 Å². The molecule has 2 N–H and O–H groups in total. The number of hydrogen-bond donors (Lipinski definition) is 2. The number of aromatic amines is 1. The van der Waals surface area contributed by atoms with E-state index < -0.39 is 0 Å². The second kappa shape index (κ2) is 9.19. The van der Waals surface area contributed by atoms with Crippen molar-refractivity contribution in [2.75, 3.05) is 18.4 Å². The van der Waals surface area contributed by atoms with Crippen molar-refractivity contribution in [3.05, 3.63) is 102 Å². The van der Waals surface area contributed by atoms with Crippen molar-refractivity contribution in [2.45, 2.75) is 19.5 Å². The van der Waals surface area contributed by atoms with Crippen LogP contribution in [0.25, 0.3) is 22.2 Å². The number of nitrogens with zero attached hydrogens (tertiary/aromatic N) is 4. The van der Waals surface area contributed by atoms with Crippen LogP contribution in [0.3, 0.4) is 0 Å². The molecule has 2 aromatic carbocycles. The molecule has 7 heteroatoms. The lowest BCUT2D eigenvalue weighted by molar-refractivity contribution is 0.102. The van der Waals surface area contributed by atoms with E-state index in [1.165, 1.54) is 25.1 Å². The number of pyridine rings is 1. The van der Waals surface area contributed by atoms with Gasteiger partial charge in [0.2, 0.25) is 0 Å². The van der Waals surface area contributed by atoms with E-state index in [2.05, 4.69) is 55.6 Å². The fourth-order valence-electron chi connectivity index (χ4n) is 4.44. The van der Waals surface area contributed by atoms with Crippen LogP contribution in [0.5, 0.6) is 0 Å². The van der Waals surface area contributed by atoms with Gasteiger partial charge in [0, 0.05) is 36.1 Å². The van der Waals surface area contributed by atoms with Gasteiger partial charge in [-0.1, -0.05) is 48.5 Å². The van der Waals surface area contributed by atoms with Gasteiger partial charge >= 0.3 is 0 Å². The molecule has 0 aliphatic carbocycles. The van der Waals surface area contributed by atoms with Gasteiger partial charge in [0.25, 0.3) is 5.91 Å². The zero-order chi connectivity index (χ0) is 23.6. The third-order valence-corrected chi connectivity index (χ3v) is 6.48. The van der Waals surface area contributed by atoms with Crippen molar-refractivity contribution < 1.29 is 4.79 Å². The predicted octanol–water partition coefficient (Wildman–Crippen LogP) is 4.93.